The molecule has 0 aliphatic carbocycles. The van der Waals surface area contributed by atoms with Crippen molar-refractivity contribution >= 4 is 23.0 Å². The normalized spacial score (nSPS) is 10.8. The summed E-state index contributed by atoms with van der Waals surface area (Å²) in [6.45, 7) is 8.16. The van der Waals surface area contributed by atoms with Gasteiger partial charge >= 0.3 is 0 Å². The molecule has 0 aliphatic heterocycles. The molecule has 1 heterocycles. The number of carbonyl (C=O) groups excluding carboxylic acids is 2. The molecule has 0 fully saturated rings. The minimum absolute atomic E-state index is 0.00108. The maximum Gasteiger partial charge on any atom is 0.264 e. The first-order valence-corrected chi connectivity index (χ1v) is 8.17. The third-order valence-corrected chi connectivity index (χ3v) is 4.66. The van der Waals surface area contributed by atoms with Crippen molar-refractivity contribution in [2.24, 2.45) is 0 Å². The highest BCUT2D eigenvalue weighted by atomic mass is 32.1. The molecule has 0 saturated carbocycles. The number of thiophene rings is 1. The van der Waals surface area contributed by atoms with Gasteiger partial charge in [0.15, 0.2) is 5.78 Å². The summed E-state index contributed by atoms with van der Waals surface area (Å²) in [5.41, 5.74) is 2.30. The van der Waals surface area contributed by atoms with Crippen LogP contribution in [0, 0.1) is 6.92 Å². The number of amides is 1. The minimum atomic E-state index is -0.0194. The Kier molecular flexibility index (Phi) is 5.14. The summed E-state index contributed by atoms with van der Waals surface area (Å²) in [7, 11) is 0. The van der Waals surface area contributed by atoms with Gasteiger partial charge in [-0.25, -0.2) is 0 Å². The van der Waals surface area contributed by atoms with Gasteiger partial charge in [-0.15, -0.1) is 11.3 Å². The molecular weight excluding hydrogens is 294 g/mol. The quantitative estimate of drug-likeness (QED) is 0.771. The fourth-order valence-corrected chi connectivity index (χ4v) is 3.14. The van der Waals surface area contributed by atoms with Gasteiger partial charge in [-0.05, 0) is 45.4 Å². The molecule has 4 heteroatoms. The zero-order valence-corrected chi connectivity index (χ0v) is 14.2. The van der Waals surface area contributed by atoms with E-state index in [1.54, 1.807) is 12.1 Å². The van der Waals surface area contributed by atoms with Gasteiger partial charge in [0, 0.05) is 12.6 Å². The zero-order chi connectivity index (χ0) is 16.3. The van der Waals surface area contributed by atoms with Crippen LogP contribution in [0.5, 0.6) is 0 Å². The number of rotatable bonds is 5. The van der Waals surface area contributed by atoms with Crippen molar-refractivity contribution in [2.45, 2.75) is 40.3 Å². The Morgan fingerprint density at radius 2 is 1.82 bits per heavy atom. The van der Waals surface area contributed by atoms with Crippen LogP contribution < -0.4 is 0 Å². The Bertz CT molecular complexity index is 688. The van der Waals surface area contributed by atoms with E-state index in [1.165, 1.54) is 23.8 Å². The second kappa shape index (κ2) is 6.88. The van der Waals surface area contributed by atoms with E-state index in [1.807, 2.05) is 43.9 Å². The lowest BCUT2D eigenvalue weighted by atomic mass is 10.1. The minimum Gasteiger partial charge on any atom is -0.331 e. The van der Waals surface area contributed by atoms with Crippen molar-refractivity contribution in [3.05, 3.63) is 57.3 Å². The molecule has 1 amide bonds. The number of hydrogen-bond donors (Lipinski definition) is 0. The molecule has 0 spiro atoms. The van der Waals surface area contributed by atoms with Crippen molar-refractivity contribution in [1.29, 1.82) is 0 Å². The zero-order valence-electron chi connectivity index (χ0n) is 13.4. The molecule has 116 valence electrons. The van der Waals surface area contributed by atoms with Crippen LogP contribution in [0.2, 0.25) is 0 Å². The topological polar surface area (TPSA) is 37.4 Å². The highest BCUT2D eigenvalue weighted by Crippen LogP contribution is 2.21. The smallest absolute Gasteiger partial charge is 0.264 e. The number of hydrogen-bond acceptors (Lipinski definition) is 3. The molecule has 0 aliphatic rings. The third-order valence-electron chi connectivity index (χ3n) is 3.48. The van der Waals surface area contributed by atoms with Crippen LogP contribution in [0.4, 0.5) is 0 Å². The number of ketones is 1. The standard InChI is InChI=1S/C18H21NO2S/c1-12(2)19(11-15-7-5-6-13(3)10-15)18(21)17-9-8-16(22-17)14(4)20/h5-10,12H,11H2,1-4H3. The SMILES string of the molecule is CC(=O)c1ccc(C(=O)N(Cc2cccc(C)c2)C(C)C)s1. The van der Waals surface area contributed by atoms with Crippen LogP contribution in [0.15, 0.2) is 36.4 Å². The Hall–Kier alpha value is -1.94. The van der Waals surface area contributed by atoms with Gasteiger partial charge < -0.3 is 4.90 Å². The molecule has 2 aromatic rings. The molecule has 22 heavy (non-hydrogen) atoms. The van der Waals surface area contributed by atoms with Gasteiger partial charge in [0.2, 0.25) is 0 Å². The number of aryl methyl sites for hydroxylation is 1. The van der Waals surface area contributed by atoms with Crippen LogP contribution in [-0.2, 0) is 6.54 Å². The predicted molar refractivity (Wildman–Crippen MR) is 90.5 cm³/mol. The molecule has 1 aromatic heterocycles. The van der Waals surface area contributed by atoms with Gasteiger partial charge in [0.1, 0.15) is 0 Å². The first-order valence-electron chi connectivity index (χ1n) is 7.35. The molecule has 0 radical (unpaired) electrons. The number of benzene rings is 1. The van der Waals surface area contributed by atoms with Gasteiger partial charge in [-0.2, -0.15) is 0 Å². The van der Waals surface area contributed by atoms with Crippen molar-refractivity contribution in [3.63, 3.8) is 0 Å². The van der Waals surface area contributed by atoms with E-state index in [-0.39, 0.29) is 17.7 Å². The summed E-state index contributed by atoms with van der Waals surface area (Å²) >= 11 is 1.27. The second-order valence-corrected chi connectivity index (χ2v) is 6.82. The van der Waals surface area contributed by atoms with Gasteiger partial charge in [-0.3, -0.25) is 9.59 Å². The average molecular weight is 315 g/mol. The van der Waals surface area contributed by atoms with Crippen LogP contribution in [0.25, 0.3) is 0 Å². The number of nitrogens with zero attached hydrogens (tertiary/aromatic N) is 1. The molecule has 0 atom stereocenters. The summed E-state index contributed by atoms with van der Waals surface area (Å²) in [6.07, 6.45) is 0. The Morgan fingerprint density at radius 1 is 1.14 bits per heavy atom. The van der Waals surface area contributed by atoms with Crippen molar-refractivity contribution < 1.29 is 9.59 Å². The molecule has 0 saturated heterocycles. The van der Waals surface area contributed by atoms with Gasteiger partial charge in [-0.1, -0.05) is 29.8 Å². The molecule has 1 aromatic carbocycles. The molecular formula is C18H21NO2S. The van der Waals surface area contributed by atoms with Gasteiger partial charge in [0.25, 0.3) is 5.91 Å². The predicted octanol–water partition coefficient (Wildman–Crippen LogP) is 4.31. The largest absolute Gasteiger partial charge is 0.331 e. The number of carbonyl (C=O) groups is 2. The molecule has 0 N–H and O–H groups in total. The Balaban J connectivity index is 2.23. The molecule has 3 nitrogen and oxygen atoms in total. The summed E-state index contributed by atoms with van der Waals surface area (Å²) in [6, 6.07) is 11.7. The third kappa shape index (κ3) is 3.83. The van der Waals surface area contributed by atoms with Gasteiger partial charge in [0.05, 0.1) is 9.75 Å². The van der Waals surface area contributed by atoms with E-state index in [0.29, 0.717) is 16.3 Å². The first-order chi connectivity index (χ1) is 10.4. The summed E-state index contributed by atoms with van der Waals surface area (Å²) in [5, 5.41) is 0. The molecule has 0 unspecified atom stereocenters. The Labute approximate surface area is 135 Å². The van der Waals surface area contributed by atoms with Crippen molar-refractivity contribution in [2.75, 3.05) is 0 Å². The fourth-order valence-electron chi connectivity index (χ4n) is 2.28. The maximum atomic E-state index is 12.7. The van der Waals surface area contributed by atoms with Crippen molar-refractivity contribution in [3.8, 4) is 0 Å². The summed E-state index contributed by atoms with van der Waals surface area (Å²) < 4.78 is 0. The fraction of sp³-hybridized carbons (Fsp3) is 0.333. The summed E-state index contributed by atoms with van der Waals surface area (Å²) in [5.74, 6) is -0.0205. The molecule has 0 bridgehead atoms. The van der Waals surface area contributed by atoms with E-state index >= 15 is 0 Å². The molecule has 2 rings (SSSR count). The van der Waals surface area contributed by atoms with Crippen molar-refractivity contribution in [1.82, 2.24) is 4.90 Å². The highest BCUT2D eigenvalue weighted by molar-refractivity contribution is 7.15. The second-order valence-electron chi connectivity index (χ2n) is 5.74. The Morgan fingerprint density at radius 3 is 2.36 bits per heavy atom. The first kappa shape index (κ1) is 16.4. The van der Waals surface area contributed by atoms with E-state index in [0.717, 1.165) is 5.56 Å². The lowest BCUT2D eigenvalue weighted by Crippen LogP contribution is -2.36. The summed E-state index contributed by atoms with van der Waals surface area (Å²) in [4.78, 5) is 27.2. The van der Waals surface area contributed by atoms with E-state index in [9.17, 15) is 9.59 Å². The maximum absolute atomic E-state index is 12.7. The number of Topliss-reactive ketones (excluding diaryl/α,β-unsaturated/α-hetero) is 1. The highest BCUT2D eigenvalue weighted by Gasteiger charge is 2.21. The van der Waals surface area contributed by atoms with Crippen LogP contribution in [-0.4, -0.2) is 22.6 Å². The van der Waals surface area contributed by atoms with E-state index in [2.05, 4.69) is 6.07 Å². The monoisotopic (exact) mass is 315 g/mol. The lowest BCUT2D eigenvalue weighted by molar-refractivity contribution is 0.0695. The average Bonchev–Trinajstić information content (AvgIpc) is 2.94. The van der Waals surface area contributed by atoms with Crippen LogP contribution in [0.1, 0.15) is 51.2 Å². The van der Waals surface area contributed by atoms with Crippen LogP contribution >= 0.6 is 11.3 Å². The van der Waals surface area contributed by atoms with Crippen LogP contribution in [0.3, 0.4) is 0 Å². The van der Waals surface area contributed by atoms with E-state index < -0.39 is 0 Å². The van der Waals surface area contributed by atoms with E-state index in [4.69, 9.17) is 0 Å². The lowest BCUT2D eigenvalue weighted by Gasteiger charge is -2.26.